The zero-order chi connectivity index (χ0) is 19.5. The quantitative estimate of drug-likeness (QED) is 0.601. The summed E-state index contributed by atoms with van der Waals surface area (Å²) in [6, 6.07) is -0.598. The van der Waals surface area contributed by atoms with E-state index in [4.69, 9.17) is 9.57 Å². The van der Waals surface area contributed by atoms with Gasteiger partial charge in [-0.25, -0.2) is 0 Å². The van der Waals surface area contributed by atoms with E-state index in [1.54, 1.807) is 6.92 Å². The summed E-state index contributed by atoms with van der Waals surface area (Å²) in [4.78, 5) is 19.9. The molecule has 0 bridgehead atoms. The molecule has 0 aliphatic carbocycles. The predicted molar refractivity (Wildman–Crippen MR) is 97.8 cm³/mol. The molecule has 0 saturated heterocycles. The molecule has 26 heavy (non-hydrogen) atoms. The molecule has 0 spiro atoms. The zero-order valence-corrected chi connectivity index (χ0v) is 16.3. The summed E-state index contributed by atoms with van der Waals surface area (Å²) in [5.74, 6) is 0.0208. The Morgan fingerprint density at radius 1 is 1.38 bits per heavy atom. The molecule has 0 aromatic heterocycles. The van der Waals surface area contributed by atoms with Gasteiger partial charge >= 0.3 is 0 Å². The maximum absolute atomic E-state index is 12.9. The van der Waals surface area contributed by atoms with Gasteiger partial charge in [0, 0.05) is 6.54 Å². The Balaban J connectivity index is 2.47. The summed E-state index contributed by atoms with van der Waals surface area (Å²) >= 11 is 0. The normalized spacial score (nSPS) is 28.8. The minimum absolute atomic E-state index is 0.0620. The Hall–Kier alpha value is -1.41. The van der Waals surface area contributed by atoms with E-state index in [1.165, 1.54) is 7.11 Å². The van der Waals surface area contributed by atoms with Gasteiger partial charge in [0.05, 0.1) is 25.3 Å². The van der Waals surface area contributed by atoms with Crippen LogP contribution in [0.3, 0.4) is 0 Å². The van der Waals surface area contributed by atoms with Crippen LogP contribution in [0.25, 0.3) is 0 Å². The van der Waals surface area contributed by atoms with Crippen molar-refractivity contribution in [3.8, 4) is 0 Å². The Morgan fingerprint density at radius 3 is 2.62 bits per heavy atom. The second kappa shape index (κ2) is 8.52. The van der Waals surface area contributed by atoms with Crippen LogP contribution in [0, 0.1) is 0 Å². The minimum atomic E-state index is -1.28. The predicted octanol–water partition coefficient (Wildman–Crippen LogP) is 1.57. The Morgan fingerprint density at radius 2 is 2.08 bits per heavy atom. The summed E-state index contributed by atoms with van der Waals surface area (Å²) < 4.78 is 6.09. The highest BCUT2D eigenvalue weighted by atomic mass is 16.7. The molecule has 2 aliphatic rings. The van der Waals surface area contributed by atoms with Gasteiger partial charge in [0.15, 0.2) is 5.76 Å². The van der Waals surface area contributed by atoms with Gasteiger partial charge in [0.1, 0.15) is 17.4 Å². The third kappa shape index (κ3) is 3.53. The number of rotatable bonds is 9. The van der Waals surface area contributed by atoms with Crippen LogP contribution in [0.2, 0.25) is 0 Å². The molecule has 7 heteroatoms. The second-order valence-electron chi connectivity index (χ2n) is 7.05. The number of aliphatic hydroxyl groups is 2. The van der Waals surface area contributed by atoms with E-state index in [-0.39, 0.29) is 12.5 Å². The van der Waals surface area contributed by atoms with Gasteiger partial charge < -0.3 is 14.9 Å². The van der Waals surface area contributed by atoms with Crippen LogP contribution >= 0.6 is 0 Å². The number of carbonyl (C=O) groups excluding carboxylic acids is 1. The van der Waals surface area contributed by atoms with Crippen molar-refractivity contribution >= 4 is 5.91 Å². The van der Waals surface area contributed by atoms with Gasteiger partial charge in [-0.05, 0) is 26.3 Å². The molecular weight excluding hydrogens is 336 g/mol. The molecule has 2 rings (SSSR count). The largest absolute Gasteiger partial charge is 0.485 e. The average Bonchev–Trinajstić information content (AvgIpc) is 2.83. The average molecular weight is 368 g/mol. The van der Waals surface area contributed by atoms with Gasteiger partial charge in [-0.15, -0.1) is 0 Å². The Bertz CT molecular complexity index is 572. The first kappa shape index (κ1) is 20.9. The molecule has 7 nitrogen and oxygen atoms in total. The van der Waals surface area contributed by atoms with Crippen LogP contribution in [0.1, 0.15) is 46.5 Å². The molecular formula is C19H32N2O5. The van der Waals surface area contributed by atoms with Crippen molar-refractivity contribution in [2.24, 2.45) is 0 Å². The first-order chi connectivity index (χ1) is 12.3. The van der Waals surface area contributed by atoms with Crippen molar-refractivity contribution in [3.63, 3.8) is 0 Å². The van der Waals surface area contributed by atoms with Crippen molar-refractivity contribution in [2.45, 2.75) is 64.2 Å². The molecule has 1 amide bonds. The molecule has 0 radical (unpaired) electrons. The second-order valence-corrected chi connectivity index (χ2v) is 7.05. The number of hydrogen-bond acceptors (Lipinski definition) is 6. The zero-order valence-electron chi connectivity index (χ0n) is 16.3. The van der Waals surface area contributed by atoms with E-state index in [2.05, 4.69) is 13.5 Å². The van der Waals surface area contributed by atoms with Gasteiger partial charge in [0.25, 0.3) is 5.91 Å². The van der Waals surface area contributed by atoms with E-state index >= 15 is 0 Å². The topological polar surface area (TPSA) is 82.5 Å². The first-order valence-electron chi connectivity index (χ1n) is 9.40. The van der Waals surface area contributed by atoms with Crippen LogP contribution in [0.4, 0.5) is 0 Å². The Kier molecular flexibility index (Phi) is 6.85. The highest BCUT2D eigenvalue weighted by Gasteiger charge is 2.56. The highest BCUT2D eigenvalue weighted by Crippen LogP contribution is 2.44. The van der Waals surface area contributed by atoms with Crippen molar-refractivity contribution in [3.05, 3.63) is 23.6 Å². The van der Waals surface area contributed by atoms with Crippen molar-refractivity contribution in [1.29, 1.82) is 0 Å². The van der Waals surface area contributed by atoms with E-state index in [0.717, 1.165) is 24.3 Å². The van der Waals surface area contributed by atoms with Gasteiger partial charge in [-0.2, -0.15) is 5.06 Å². The number of hydroxylamine groups is 2. The summed E-state index contributed by atoms with van der Waals surface area (Å²) in [6.45, 7) is 10.6. The molecule has 3 atom stereocenters. The van der Waals surface area contributed by atoms with E-state index in [0.29, 0.717) is 36.5 Å². The SMILES string of the molecule is C=C1C2=C(C(=O)N1OC)[C@@H](N(CC)CCO)[C@@](C)(O)[C@H](CCCCC)O2. The van der Waals surface area contributed by atoms with E-state index in [9.17, 15) is 15.0 Å². The molecule has 148 valence electrons. The number of hydrogen-bond donors (Lipinski definition) is 2. The maximum atomic E-state index is 12.9. The van der Waals surface area contributed by atoms with Crippen molar-refractivity contribution in [1.82, 2.24) is 9.96 Å². The third-order valence-electron chi connectivity index (χ3n) is 5.32. The number of likely N-dealkylation sites (N-methyl/N-ethyl adjacent to an activating group) is 1. The molecule has 0 aromatic rings. The lowest BCUT2D eigenvalue weighted by Gasteiger charge is -2.47. The molecule has 0 saturated carbocycles. The third-order valence-corrected chi connectivity index (χ3v) is 5.32. The lowest BCUT2D eigenvalue weighted by Crippen LogP contribution is -2.62. The van der Waals surface area contributed by atoms with E-state index < -0.39 is 17.7 Å². The van der Waals surface area contributed by atoms with Gasteiger partial charge in [-0.3, -0.25) is 14.5 Å². The number of carbonyl (C=O) groups is 1. The molecule has 0 fully saturated rings. The maximum Gasteiger partial charge on any atom is 0.283 e. The molecule has 0 unspecified atom stereocenters. The van der Waals surface area contributed by atoms with E-state index in [1.807, 2.05) is 11.8 Å². The van der Waals surface area contributed by atoms with Gasteiger partial charge in [-0.1, -0.05) is 33.3 Å². The molecule has 0 aromatic carbocycles. The van der Waals surface area contributed by atoms with Crippen molar-refractivity contribution < 1.29 is 24.6 Å². The summed E-state index contributed by atoms with van der Waals surface area (Å²) in [5.41, 5.74) is -0.574. The molecule has 2 heterocycles. The number of amides is 1. The Labute approximate surface area is 155 Å². The minimum Gasteiger partial charge on any atom is -0.485 e. The van der Waals surface area contributed by atoms with Crippen LogP contribution in [-0.4, -0.2) is 70.6 Å². The smallest absolute Gasteiger partial charge is 0.283 e. The number of nitrogens with zero attached hydrogens (tertiary/aromatic N) is 2. The fraction of sp³-hybridized carbons (Fsp3) is 0.737. The van der Waals surface area contributed by atoms with Gasteiger partial charge in [0.2, 0.25) is 0 Å². The van der Waals surface area contributed by atoms with Crippen LogP contribution < -0.4 is 0 Å². The molecule has 2 aliphatic heterocycles. The molecule has 2 N–H and O–H groups in total. The summed E-state index contributed by atoms with van der Waals surface area (Å²) in [7, 11) is 1.40. The lowest BCUT2D eigenvalue weighted by molar-refractivity contribution is -0.159. The standard InChI is InChI=1S/C19H32N2O5/c1-6-8-9-10-14-19(4,24)17(20(7-2)11-12-22)15-16(26-14)13(3)21(25-5)18(15)23/h14,17,22,24H,3,6-12H2,1-2,4-5H3/t14-,17+,19-/m0/s1. The fourth-order valence-corrected chi connectivity index (χ4v) is 3.95. The highest BCUT2D eigenvalue weighted by molar-refractivity contribution is 6.00. The monoisotopic (exact) mass is 368 g/mol. The van der Waals surface area contributed by atoms with Crippen molar-refractivity contribution in [2.75, 3.05) is 26.8 Å². The number of unbranched alkanes of at least 4 members (excludes halogenated alkanes) is 2. The summed E-state index contributed by atoms with van der Waals surface area (Å²) in [6.07, 6.45) is 3.25. The lowest BCUT2D eigenvalue weighted by atomic mass is 9.79. The summed E-state index contributed by atoms with van der Waals surface area (Å²) in [5, 5.41) is 22.0. The van der Waals surface area contributed by atoms with Crippen LogP contribution in [0.5, 0.6) is 0 Å². The fourth-order valence-electron chi connectivity index (χ4n) is 3.95. The number of aliphatic hydroxyl groups excluding tert-OH is 1. The van der Waals surface area contributed by atoms with Crippen LogP contribution in [0.15, 0.2) is 23.6 Å². The number of ether oxygens (including phenoxy) is 1. The first-order valence-corrected chi connectivity index (χ1v) is 9.40. The van der Waals surface area contributed by atoms with Crippen LogP contribution in [-0.2, 0) is 14.4 Å².